The molecule has 0 fully saturated rings. The van der Waals surface area contributed by atoms with Gasteiger partial charge in [0.25, 0.3) is 0 Å². The Kier molecular flexibility index (Phi) is 5.54. The van der Waals surface area contributed by atoms with Crippen molar-refractivity contribution < 1.29 is 9.47 Å². The quantitative estimate of drug-likeness (QED) is 0.810. The van der Waals surface area contributed by atoms with Crippen LogP contribution in [0.25, 0.3) is 0 Å². The molecule has 1 aliphatic heterocycles. The van der Waals surface area contributed by atoms with Gasteiger partial charge >= 0.3 is 0 Å². The molecule has 5 heteroatoms. The fourth-order valence-corrected chi connectivity index (χ4v) is 2.93. The van der Waals surface area contributed by atoms with Crippen LogP contribution < -0.4 is 20.1 Å². The summed E-state index contributed by atoms with van der Waals surface area (Å²) in [7, 11) is 0. The summed E-state index contributed by atoms with van der Waals surface area (Å²) in [6, 6.07) is 16.5. The lowest BCUT2D eigenvalue weighted by molar-refractivity contribution is 0.171. The standard InChI is InChI=1S/C19H22N2O2S/c1-14(7-8-15-5-3-2-4-6-15)20-19(24)21-16-9-10-17-18(13-16)23-12-11-22-17/h2-6,9-10,13-14H,7-8,11-12H2,1H3,(H2,20,21,24)/t14-/m1/s1. The van der Waals surface area contributed by atoms with Crippen molar-refractivity contribution in [3.63, 3.8) is 0 Å². The van der Waals surface area contributed by atoms with Crippen LogP contribution in [0.15, 0.2) is 48.5 Å². The van der Waals surface area contributed by atoms with Crippen LogP contribution in [0.2, 0.25) is 0 Å². The summed E-state index contributed by atoms with van der Waals surface area (Å²) < 4.78 is 11.1. The monoisotopic (exact) mass is 342 g/mol. The number of thiocarbonyl (C=S) groups is 1. The zero-order chi connectivity index (χ0) is 16.8. The molecule has 126 valence electrons. The van der Waals surface area contributed by atoms with E-state index in [0.717, 1.165) is 30.0 Å². The number of anilines is 1. The molecule has 4 nitrogen and oxygen atoms in total. The van der Waals surface area contributed by atoms with Gasteiger partial charge in [0, 0.05) is 17.8 Å². The number of hydrogen-bond acceptors (Lipinski definition) is 3. The SMILES string of the molecule is C[C@H](CCc1ccccc1)NC(=S)Nc1ccc2c(c1)OCCO2. The van der Waals surface area contributed by atoms with Crippen LogP contribution in [0.5, 0.6) is 11.5 Å². The van der Waals surface area contributed by atoms with E-state index >= 15 is 0 Å². The van der Waals surface area contributed by atoms with E-state index < -0.39 is 0 Å². The maximum absolute atomic E-state index is 5.59. The Morgan fingerprint density at radius 3 is 2.62 bits per heavy atom. The molecule has 0 unspecified atom stereocenters. The molecular formula is C19H22N2O2S. The van der Waals surface area contributed by atoms with Gasteiger partial charge in [0.1, 0.15) is 13.2 Å². The molecule has 3 rings (SSSR count). The molecule has 0 saturated carbocycles. The Morgan fingerprint density at radius 2 is 1.83 bits per heavy atom. The van der Waals surface area contributed by atoms with Gasteiger partial charge in [-0.15, -0.1) is 0 Å². The number of benzene rings is 2. The predicted octanol–water partition coefficient (Wildman–Crippen LogP) is 3.77. The van der Waals surface area contributed by atoms with Crippen LogP contribution in [0.4, 0.5) is 5.69 Å². The number of hydrogen-bond donors (Lipinski definition) is 2. The van der Waals surface area contributed by atoms with E-state index in [0.29, 0.717) is 24.4 Å². The largest absolute Gasteiger partial charge is 0.486 e. The van der Waals surface area contributed by atoms with Crippen molar-refractivity contribution in [2.24, 2.45) is 0 Å². The molecule has 1 atom stereocenters. The highest BCUT2D eigenvalue weighted by atomic mass is 32.1. The highest BCUT2D eigenvalue weighted by molar-refractivity contribution is 7.80. The fraction of sp³-hybridized carbons (Fsp3) is 0.316. The minimum absolute atomic E-state index is 0.294. The third-order valence-corrected chi connectivity index (χ3v) is 4.11. The highest BCUT2D eigenvalue weighted by Crippen LogP contribution is 2.32. The van der Waals surface area contributed by atoms with E-state index in [1.807, 2.05) is 24.3 Å². The van der Waals surface area contributed by atoms with Gasteiger partial charge in [-0.1, -0.05) is 30.3 Å². The van der Waals surface area contributed by atoms with Gasteiger partial charge in [-0.05, 0) is 49.7 Å². The van der Waals surface area contributed by atoms with Crippen molar-refractivity contribution in [3.8, 4) is 11.5 Å². The lowest BCUT2D eigenvalue weighted by atomic mass is 10.1. The number of ether oxygens (including phenoxy) is 2. The van der Waals surface area contributed by atoms with Crippen molar-refractivity contribution in [2.75, 3.05) is 18.5 Å². The minimum atomic E-state index is 0.294. The lowest BCUT2D eigenvalue weighted by Crippen LogP contribution is -2.36. The Balaban J connectivity index is 1.48. The van der Waals surface area contributed by atoms with Crippen LogP contribution in [0.1, 0.15) is 18.9 Å². The molecule has 0 aromatic heterocycles. The topological polar surface area (TPSA) is 42.5 Å². The minimum Gasteiger partial charge on any atom is -0.486 e. The second kappa shape index (κ2) is 8.02. The number of rotatable bonds is 5. The molecule has 1 aliphatic rings. The molecule has 2 N–H and O–H groups in total. The Morgan fingerprint density at radius 1 is 1.08 bits per heavy atom. The van der Waals surface area contributed by atoms with Gasteiger partial charge < -0.3 is 20.1 Å². The molecule has 2 aromatic carbocycles. The molecule has 0 amide bonds. The second-order valence-corrected chi connectivity index (χ2v) is 6.29. The Bertz CT molecular complexity index is 691. The van der Waals surface area contributed by atoms with E-state index in [1.165, 1.54) is 5.56 Å². The normalized spacial score (nSPS) is 13.9. The third-order valence-electron chi connectivity index (χ3n) is 3.89. The summed E-state index contributed by atoms with van der Waals surface area (Å²) in [6.07, 6.45) is 2.05. The smallest absolute Gasteiger partial charge is 0.170 e. The number of aryl methyl sites for hydroxylation is 1. The van der Waals surface area contributed by atoms with Gasteiger partial charge in [0.2, 0.25) is 0 Å². The van der Waals surface area contributed by atoms with Crippen molar-refractivity contribution in [3.05, 3.63) is 54.1 Å². The average molecular weight is 342 g/mol. The average Bonchev–Trinajstić information content (AvgIpc) is 2.60. The predicted molar refractivity (Wildman–Crippen MR) is 101 cm³/mol. The van der Waals surface area contributed by atoms with E-state index in [-0.39, 0.29) is 0 Å². The van der Waals surface area contributed by atoms with Crippen LogP contribution in [0, 0.1) is 0 Å². The van der Waals surface area contributed by atoms with Crippen molar-refractivity contribution in [1.29, 1.82) is 0 Å². The van der Waals surface area contributed by atoms with Gasteiger partial charge in [-0.25, -0.2) is 0 Å². The van der Waals surface area contributed by atoms with Crippen LogP contribution in [-0.2, 0) is 6.42 Å². The van der Waals surface area contributed by atoms with Gasteiger partial charge in [0.15, 0.2) is 16.6 Å². The van der Waals surface area contributed by atoms with Crippen molar-refractivity contribution >= 4 is 23.0 Å². The lowest BCUT2D eigenvalue weighted by Gasteiger charge is -2.20. The molecule has 24 heavy (non-hydrogen) atoms. The summed E-state index contributed by atoms with van der Waals surface area (Å²) >= 11 is 5.40. The summed E-state index contributed by atoms with van der Waals surface area (Å²) in [5, 5.41) is 7.15. The summed E-state index contributed by atoms with van der Waals surface area (Å²) in [4.78, 5) is 0. The summed E-state index contributed by atoms with van der Waals surface area (Å²) in [6.45, 7) is 3.31. The highest BCUT2D eigenvalue weighted by Gasteiger charge is 2.12. The van der Waals surface area contributed by atoms with Crippen LogP contribution in [0.3, 0.4) is 0 Å². The maximum atomic E-state index is 5.59. The van der Waals surface area contributed by atoms with Gasteiger partial charge in [0.05, 0.1) is 0 Å². The maximum Gasteiger partial charge on any atom is 0.170 e. The second-order valence-electron chi connectivity index (χ2n) is 5.88. The van der Waals surface area contributed by atoms with E-state index in [9.17, 15) is 0 Å². The zero-order valence-electron chi connectivity index (χ0n) is 13.7. The number of nitrogens with one attached hydrogen (secondary N) is 2. The third kappa shape index (κ3) is 4.61. The summed E-state index contributed by atoms with van der Waals surface area (Å²) in [5.41, 5.74) is 2.24. The zero-order valence-corrected chi connectivity index (χ0v) is 14.6. The van der Waals surface area contributed by atoms with Crippen molar-refractivity contribution in [1.82, 2.24) is 5.32 Å². The van der Waals surface area contributed by atoms with Crippen LogP contribution in [-0.4, -0.2) is 24.4 Å². The van der Waals surface area contributed by atoms with E-state index in [2.05, 4.69) is 41.8 Å². The van der Waals surface area contributed by atoms with Crippen molar-refractivity contribution in [2.45, 2.75) is 25.8 Å². The number of fused-ring (bicyclic) bond motifs is 1. The first-order valence-electron chi connectivity index (χ1n) is 8.22. The molecule has 0 bridgehead atoms. The molecular weight excluding hydrogens is 320 g/mol. The Hall–Kier alpha value is -2.27. The summed E-state index contributed by atoms with van der Waals surface area (Å²) in [5.74, 6) is 1.54. The van der Waals surface area contributed by atoms with E-state index in [4.69, 9.17) is 21.7 Å². The first kappa shape index (κ1) is 16.6. The molecule has 2 aromatic rings. The molecule has 0 radical (unpaired) electrons. The molecule has 0 spiro atoms. The fourth-order valence-electron chi connectivity index (χ4n) is 2.61. The first-order chi connectivity index (χ1) is 11.7. The van der Waals surface area contributed by atoms with Gasteiger partial charge in [-0.3, -0.25) is 0 Å². The molecule has 0 saturated heterocycles. The first-order valence-corrected chi connectivity index (χ1v) is 8.62. The molecule has 1 heterocycles. The van der Waals surface area contributed by atoms with Crippen LogP contribution >= 0.6 is 12.2 Å². The van der Waals surface area contributed by atoms with E-state index in [1.54, 1.807) is 0 Å². The Labute approximate surface area is 148 Å². The van der Waals surface area contributed by atoms with Gasteiger partial charge in [-0.2, -0.15) is 0 Å². The molecule has 0 aliphatic carbocycles.